The second kappa shape index (κ2) is 8.48. The molecule has 1 aromatic rings. The summed E-state index contributed by atoms with van der Waals surface area (Å²) in [4.78, 5) is 28.5. The third kappa shape index (κ3) is 4.82. The van der Waals surface area contributed by atoms with Gasteiger partial charge < -0.3 is 15.1 Å². The van der Waals surface area contributed by atoms with Crippen molar-refractivity contribution in [3.05, 3.63) is 29.8 Å². The van der Waals surface area contributed by atoms with Gasteiger partial charge in [0.2, 0.25) is 5.91 Å². The molecule has 0 unspecified atom stereocenters. The fourth-order valence-corrected chi connectivity index (χ4v) is 3.83. The molecule has 5 heteroatoms. The molecule has 1 atom stereocenters. The first-order chi connectivity index (χ1) is 12.1. The molecule has 25 heavy (non-hydrogen) atoms. The van der Waals surface area contributed by atoms with E-state index in [2.05, 4.69) is 17.1 Å². The summed E-state index contributed by atoms with van der Waals surface area (Å²) in [5, 5.41) is 3.01. The molecule has 0 aliphatic carbocycles. The molecule has 2 aliphatic rings. The number of hydrogen-bond donors (Lipinski definition) is 1. The van der Waals surface area contributed by atoms with Gasteiger partial charge in [-0.2, -0.15) is 0 Å². The Morgan fingerprint density at radius 3 is 2.92 bits per heavy atom. The van der Waals surface area contributed by atoms with Gasteiger partial charge in [0.25, 0.3) is 5.91 Å². The van der Waals surface area contributed by atoms with E-state index in [1.54, 1.807) is 4.90 Å². The molecule has 0 spiro atoms. The van der Waals surface area contributed by atoms with Crippen LogP contribution in [0.5, 0.6) is 0 Å². The summed E-state index contributed by atoms with van der Waals surface area (Å²) in [7, 11) is 0. The fourth-order valence-electron chi connectivity index (χ4n) is 3.83. The molecule has 0 radical (unpaired) electrons. The van der Waals surface area contributed by atoms with E-state index in [4.69, 9.17) is 0 Å². The third-order valence-corrected chi connectivity index (χ3v) is 5.17. The summed E-state index contributed by atoms with van der Waals surface area (Å²) in [6.07, 6.45) is 5.09. The number of nitrogens with one attached hydrogen (secondary N) is 1. The molecule has 1 aromatic carbocycles. The van der Waals surface area contributed by atoms with Crippen molar-refractivity contribution in [2.45, 2.75) is 39.0 Å². The van der Waals surface area contributed by atoms with Gasteiger partial charge in [-0.1, -0.05) is 13.0 Å². The summed E-state index contributed by atoms with van der Waals surface area (Å²) in [6, 6.07) is 7.39. The molecule has 136 valence electrons. The minimum absolute atomic E-state index is 0.0551. The Labute approximate surface area is 150 Å². The lowest BCUT2D eigenvalue weighted by Gasteiger charge is -2.30. The average molecular weight is 343 g/mol. The van der Waals surface area contributed by atoms with Crippen LogP contribution in [-0.2, 0) is 4.79 Å². The largest absolute Gasteiger partial charge is 0.352 e. The van der Waals surface area contributed by atoms with Crippen molar-refractivity contribution in [3.63, 3.8) is 0 Å². The fraction of sp³-hybridized carbons (Fsp3) is 0.600. The van der Waals surface area contributed by atoms with E-state index in [-0.39, 0.29) is 11.8 Å². The summed E-state index contributed by atoms with van der Waals surface area (Å²) < 4.78 is 0. The van der Waals surface area contributed by atoms with Gasteiger partial charge in [0.15, 0.2) is 0 Å². The smallest absolute Gasteiger partial charge is 0.251 e. The molecule has 2 amide bonds. The van der Waals surface area contributed by atoms with Crippen LogP contribution >= 0.6 is 0 Å². The van der Waals surface area contributed by atoms with Crippen molar-refractivity contribution in [2.24, 2.45) is 5.92 Å². The quantitative estimate of drug-likeness (QED) is 0.808. The van der Waals surface area contributed by atoms with Crippen molar-refractivity contribution in [1.29, 1.82) is 0 Å². The zero-order valence-electron chi connectivity index (χ0n) is 15.2. The first kappa shape index (κ1) is 17.9. The van der Waals surface area contributed by atoms with Crippen LogP contribution in [0.1, 0.15) is 49.4 Å². The molecule has 2 aliphatic heterocycles. The number of piperidine rings is 1. The standard InChI is InChI=1S/C20H29N3O2/c1-16-6-3-11-22(15-16)12-5-10-21-20(25)17-7-2-8-18(14-17)23-13-4-9-19(23)24/h2,7-8,14,16H,3-6,9-13,15H2,1H3,(H,21,25)/t16-/m0/s1. The second-order valence-corrected chi connectivity index (χ2v) is 7.36. The number of carbonyl (C=O) groups is 2. The second-order valence-electron chi connectivity index (χ2n) is 7.36. The summed E-state index contributed by atoms with van der Waals surface area (Å²) >= 11 is 0. The Hall–Kier alpha value is -1.88. The molecular formula is C20H29N3O2. The Morgan fingerprint density at radius 1 is 1.28 bits per heavy atom. The van der Waals surface area contributed by atoms with Crippen LogP contribution in [0.15, 0.2) is 24.3 Å². The predicted molar refractivity (Wildman–Crippen MR) is 99.8 cm³/mol. The zero-order valence-corrected chi connectivity index (χ0v) is 15.2. The molecule has 0 bridgehead atoms. The monoisotopic (exact) mass is 343 g/mol. The molecule has 0 aromatic heterocycles. The topological polar surface area (TPSA) is 52.7 Å². The van der Waals surface area contributed by atoms with E-state index in [9.17, 15) is 9.59 Å². The Kier molecular flexibility index (Phi) is 6.08. The van der Waals surface area contributed by atoms with Crippen LogP contribution in [0.3, 0.4) is 0 Å². The van der Waals surface area contributed by atoms with Crippen molar-refractivity contribution in [1.82, 2.24) is 10.2 Å². The van der Waals surface area contributed by atoms with Gasteiger partial charge in [0.05, 0.1) is 0 Å². The highest BCUT2D eigenvalue weighted by molar-refractivity contribution is 5.99. The summed E-state index contributed by atoms with van der Waals surface area (Å²) in [6.45, 7) is 7.16. The number of anilines is 1. The van der Waals surface area contributed by atoms with Crippen molar-refractivity contribution in [3.8, 4) is 0 Å². The highest BCUT2D eigenvalue weighted by Crippen LogP contribution is 2.22. The van der Waals surface area contributed by atoms with Crippen LogP contribution in [0.2, 0.25) is 0 Å². The lowest BCUT2D eigenvalue weighted by molar-refractivity contribution is -0.117. The number of rotatable bonds is 6. The van der Waals surface area contributed by atoms with Gasteiger partial charge in [0.1, 0.15) is 0 Å². The van der Waals surface area contributed by atoms with E-state index in [0.29, 0.717) is 18.5 Å². The first-order valence-corrected chi connectivity index (χ1v) is 9.54. The van der Waals surface area contributed by atoms with Gasteiger partial charge in [-0.25, -0.2) is 0 Å². The van der Waals surface area contributed by atoms with E-state index in [1.807, 2.05) is 24.3 Å². The maximum atomic E-state index is 12.4. The van der Waals surface area contributed by atoms with Crippen molar-refractivity contribution in [2.75, 3.05) is 37.6 Å². The van der Waals surface area contributed by atoms with Crippen LogP contribution in [-0.4, -0.2) is 49.4 Å². The van der Waals surface area contributed by atoms with Crippen LogP contribution < -0.4 is 10.2 Å². The van der Waals surface area contributed by atoms with Crippen molar-refractivity contribution >= 4 is 17.5 Å². The maximum absolute atomic E-state index is 12.4. The lowest BCUT2D eigenvalue weighted by atomic mass is 10.0. The average Bonchev–Trinajstić information content (AvgIpc) is 3.05. The molecule has 1 N–H and O–H groups in total. The van der Waals surface area contributed by atoms with E-state index in [1.165, 1.54) is 25.9 Å². The minimum atomic E-state index is -0.0551. The van der Waals surface area contributed by atoms with Gasteiger partial charge in [0, 0.05) is 37.3 Å². The minimum Gasteiger partial charge on any atom is -0.352 e. The summed E-state index contributed by atoms with van der Waals surface area (Å²) in [5.41, 5.74) is 1.46. The van der Waals surface area contributed by atoms with Crippen molar-refractivity contribution < 1.29 is 9.59 Å². The van der Waals surface area contributed by atoms with E-state index >= 15 is 0 Å². The van der Waals surface area contributed by atoms with Gasteiger partial charge in [-0.15, -0.1) is 0 Å². The molecule has 5 nitrogen and oxygen atoms in total. The lowest BCUT2D eigenvalue weighted by Crippen LogP contribution is -2.36. The Morgan fingerprint density at radius 2 is 2.16 bits per heavy atom. The van der Waals surface area contributed by atoms with Crippen LogP contribution in [0, 0.1) is 5.92 Å². The molecule has 0 saturated carbocycles. The predicted octanol–water partition coefficient (Wildman–Crippen LogP) is 2.67. The number of amides is 2. The van der Waals surface area contributed by atoms with Gasteiger partial charge >= 0.3 is 0 Å². The SMILES string of the molecule is C[C@H]1CCCN(CCCNC(=O)c2cccc(N3CCCC3=O)c2)C1. The number of nitrogens with zero attached hydrogens (tertiary/aromatic N) is 2. The number of hydrogen-bond acceptors (Lipinski definition) is 3. The van der Waals surface area contributed by atoms with E-state index < -0.39 is 0 Å². The summed E-state index contributed by atoms with van der Waals surface area (Å²) in [5.74, 6) is 0.883. The molecule has 3 rings (SSSR count). The third-order valence-electron chi connectivity index (χ3n) is 5.17. The molecule has 2 fully saturated rings. The molecular weight excluding hydrogens is 314 g/mol. The highest BCUT2D eigenvalue weighted by atomic mass is 16.2. The Bertz CT molecular complexity index is 617. The Balaban J connectivity index is 1.46. The normalized spacial score (nSPS) is 21.6. The van der Waals surface area contributed by atoms with Gasteiger partial charge in [-0.05, 0) is 62.9 Å². The number of likely N-dealkylation sites (tertiary alicyclic amines) is 1. The van der Waals surface area contributed by atoms with Crippen LogP contribution in [0.4, 0.5) is 5.69 Å². The first-order valence-electron chi connectivity index (χ1n) is 9.54. The van der Waals surface area contributed by atoms with Gasteiger partial charge in [-0.3, -0.25) is 9.59 Å². The maximum Gasteiger partial charge on any atom is 0.251 e. The van der Waals surface area contributed by atoms with Crippen LogP contribution in [0.25, 0.3) is 0 Å². The van der Waals surface area contributed by atoms with E-state index in [0.717, 1.165) is 37.5 Å². The zero-order chi connectivity index (χ0) is 17.6. The highest BCUT2D eigenvalue weighted by Gasteiger charge is 2.22. The molecule has 2 heterocycles. The molecule has 2 saturated heterocycles. The number of carbonyl (C=O) groups excluding carboxylic acids is 2. The number of benzene rings is 1.